The number of para-hydroxylation sites is 2. The van der Waals surface area contributed by atoms with Gasteiger partial charge in [-0.05, 0) is 30.3 Å². The highest BCUT2D eigenvalue weighted by atomic mass is 19.1. The van der Waals surface area contributed by atoms with Crippen LogP contribution in [-0.2, 0) is 14.3 Å². The molecule has 0 unspecified atom stereocenters. The van der Waals surface area contributed by atoms with Crippen molar-refractivity contribution >= 4 is 23.3 Å². The van der Waals surface area contributed by atoms with Crippen molar-refractivity contribution in [3.8, 4) is 5.75 Å². The largest absolute Gasteiger partial charge is 0.475 e. The third-order valence-corrected chi connectivity index (χ3v) is 2.90. The minimum Gasteiger partial charge on any atom is -0.475 e. The first-order chi connectivity index (χ1) is 12.0. The van der Waals surface area contributed by atoms with Crippen molar-refractivity contribution in [2.45, 2.75) is 0 Å². The summed E-state index contributed by atoms with van der Waals surface area (Å²) < 4.78 is 22.5. The van der Waals surface area contributed by atoms with Crippen LogP contribution in [0.25, 0.3) is 0 Å². The van der Waals surface area contributed by atoms with Crippen LogP contribution in [-0.4, -0.2) is 30.0 Å². The third kappa shape index (κ3) is 5.57. The number of ether oxygens (including phenoxy) is 2. The van der Waals surface area contributed by atoms with E-state index in [1.807, 2.05) is 0 Å². The molecular weight excluding hydrogens is 335 g/mol. The third-order valence-electron chi connectivity index (χ3n) is 2.90. The van der Waals surface area contributed by atoms with Gasteiger partial charge in [-0.25, -0.2) is 9.18 Å². The molecule has 0 bridgehead atoms. The lowest BCUT2D eigenvalue weighted by Crippen LogP contribution is -2.23. The second-order valence-electron chi connectivity index (χ2n) is 4.73. The van der Waals surface area contributed by atoms with Crippen molar-refractivity contribution in [2.24, 2.45) is 0 Å². The molecule has 0 fully saturated rings. The Morgan fingerprint density at radius 3 is 2.44 bits per heavy atom. The average molecular weight is 348 g/mol. The number of hydrogen-bond donors (Lipinski definition) is 1. The number of halogens is 1. The van der Waals surface area contributed by atoms with E-state index in [0.717, 1.165) is 0 Å². The molecule has 0 aliphatic rings. The van der Waals surface area contributed by atoms with E-state index in [1.165, 1.54) is 48.5 Å². The van der Waals surface area contributed by atoms with Gasteiger partial charge in [0.1, 0.15) is 5.82 Å². The highest BCUT2D eigenvalue weighted by Gasteiger charge is 2.16. The normalized spacial score (nSPS) is 9.96. The summed E-state index contributed by atoms with van der Waals surface area (Å²) in [7, 11) is 0. The lowest BCUT2D eigenvalue weighted by atomic mass is 10.3. The van der Waals surface area contributed by atoms with Crippen LogP contribution < -0.4 is 10.1 Å². The van der Waals surface area contributed by atoms with Gasteiger partial charge in [0, 0.05) is 11.8 Å². The molecule has 2 aromatic rings. The van der Waals surface area contributed by atoms with Crippen molar-refractivity contribution < 1.29 is 28.4 Å². The zero-order valence-electron chi connectivity index (χ0n) is 12.8. The Bertz CT molecular complexity index is 778. The Morgan fingerprint density at radius 2 is 1.76 bits per heavy atom. The SMILES string of the molecule is O=C(COC(=O)COc1ccccc1[N+](=O)[O-])Nc1ccc(F)cc1. The van der Waals surface area contributed by atoms with Crippen LogP contribution in [0.3, 0.4) is 0 Å². The van der Waals surface area contributed by atoms with Gasteiger partial charge in [0.05, 0.1) is 4.92 Å². The van der Waals surface area contributed by atoms with Crippen LogP contribution >= 0.6 is 0 Å². The average Bonchev–Trinajstić information content (AvgIpc) is 2.60. The number of nitrogens with one attached hydrogen (secondary N) is 1. The van der Waals surface area contributed by atoms with Crippen LogP contribution in [0.15, 0.2) is 48.5 Å². The van der Waals surface area contributed by atoms with E-state index < -0.39 is 35.8 Å². The van der Waals surface area contributed by atoms with Gasteiger partial charge >= 0.3 is 11.7 Å². The van der Waals surface area contributed by atoms with E-state index >= 15 is 0 Å². The molecule has 0 spiro atoms. The van der Waals surface area contributed by atoms with Gasteiger partial charge in [0.25, 0.3) is 5.91 Å². The zero-order chi connectivity index (χ0) is 18.2. The molecular formula is C16H13FN2O6. The van der Waals surface area contributed by atoms with E-state index in [-0.39, 0.29) is 11.4 Å². The van der Waals surface area contributed by atoms with Crippen molar-refractivity contribution in [1.29, 1.82) is 0 Å². The van der Waals surface area contributed by atoms with Gasteiger partial charge in [0.2, 0.25) is 0 Å². The Kier molecular flexibility index (Phi) is 5.99. The Morgan fingerprint density at radius 1 is 1.08 bits per heavy atom. The van der Waals surface area contributed by atoms with E-state index in [4.69, 9.17) is 9.47 Å². The van der Waals surface area contributed by atoms with E-state index in [9.17, 15) is 24.1 Å². The summed E-state index contributed by atoms with van der Waals surface area (Å²) in [5, 5.41) is 13.2. The topological polar surface area (TPSA) is 108 Å². The maximum atomic E-state index is 12.7. The number of carbonyl (C=O) groups excluding carboxylic acids is 2. The molecule has 0 atom stereocenters. The molecule has 0 radical (unpaired) electrons. The number of amides is 1. The fourth-order valence-corrected chi connectivity index (χ4v) is 1.78. The van der Waals surface area contributed by atoms with Crippen molar-refractivity contribution in [1.82, 2.24) is 0 Å². The number of anilines is 1. The number of hydrogen-bond acceptors (Lipinski definition) is 6. The summed E-state index contributed by atoms with van der Waals surface area (Å²) in [6, 6.07) is 10.6. The van der Waals surface area contributed by atoms with Crippen LogP contribution in [0, 0.1) is 15.9 Å². The Balaban J connectivity index is 1.78. The quantitative estimate of drug-likeness (QED) is 0.467. The second-order valence-corrected chi connectivity index (χ2v) is 4.73. The maximum Gasteiger partial charge on any atom is 0.344 e. The van der Waals surface area contributed by atoms with Crippen molar-refractivity contribution in [2.75, 3.05) is 18.5 Å². The minimum absolute atomic E-state index is 0.0831. The number of rotatable bonds is 7. The molecule has 130 valence electrons. The van der Waals surface area contributed by atoms with E-state index in [0.29, 0.717) is 5.69 Å². The number of nitro benzene ring substituents is 1. The Labute approximate surface area is 141 Å². The summed E-state index contributed by atoms with van der Waals surface area (Å²) in [5.74, 6) is -2.02. The van der Waals surface area contributed by atoms with Crippen LogP contribution in [0.5, 0.6) is 5.75 Å². The molecule has 2 rings (SSSR count). The molecule has 2 aromatic carbocycles. The highest BCUT2D eigenvalue weighted by molar-refractivity contribution is 5.92. The fraction of sp³-hybridized carbons (Fsp3) is 0.125. The summed E-state index contributed by atoms with van der Waals surface area (Å²) in [6.45, 7) is -1.16. The predicted molar refractivity (Wildman–Crippen MR) is 84.6 cm³/mol. The van der Waals surface area contributed by atoms with Crippen LogP contribution in [0.4, 0.5) is 15.8 Å². The highest BCUT2D eigenvalue weighted by Crippen LogP contribution is 2.25. The summed E-state index contributed by atoms with van der Waals surface area (Å²) in [5.41, 5.74) is 0.0583. The number of esters is 1. The second kappa shape index (κ2) is 8.39. The molecule has 1 N–H and O–H groups in total. The summed E-state index contributed by atoms with van der Waals surface area (Å²) in [4.78, 5) is 33.3. The van der Waals surface area contributed by atoms with Gasteiger partial charge < -0.3 is 14.8 Å². The maximum absolute atomic E-state index is 12.7. The van der Waals surface area contributed by atoms with Crippen molar-refractivity contribution in [3.05, 3.63) is 64.5 Å². The number of nitrogens with zero attached hydrogens (tertiary/aromatic N) is 1. The molecule has 8 nitrogen and oxygen atoms in total. The molecule has 25 heavy (non-hydrogen) atoms. The smallest absolute Gasteiger partial charge is 0.344 e. The first-order valence-corrected chi connectivity index (χ1v) is 7.03. The molecule has 0 saturated carbocycles. The van der Waals surface area contributed by atoms with Crippen molar-refractivity contribution in [3.63, 3.8) is 0 Å². The molecule has 0 saturated heterocycles. The first kappa shape index (κ1) is 17.9. The lowest BCUT2D eigenvalue weighted by Gasteiger charge is -2.08. The Hall–Kier alpha value is -3.49. The molecule has 1 amide bonds. The zero-order valence-corrected chi connectivity index (χ0v) is 12.8. The van der Waals surface area contributed by atoms with E-state index in [1.54, 1.807) is 0 Å². The monoisotopic (exact) mass is 348 g/mol. The predicted octanol–water partition coefficient (Wildman–Crippen LogP) is 2.29. The van der Waals surface area contributed by atoms with Gasteiger partial charge in [-0.2, -0.15) is 0 Å². The van der Waals surface area contributed by atoms with E-state index in [2.05, 4.69) is 5.32 Å². The van der Waals surface area contributed by atoms with Gasteiger partial charge in [-0.3, -0.25) is 14.9 Å². The summed E-state index contributed by atoms with van der Waals surface area (Å²) in [6.07, 6.45) is 0. The number of carbonyl (C=O) groups is 2. The number of benzene rings is 2. The first-order valence-electron chi connectivity index (χ1n) is 7.03. The molecule has 0 aromatic heterocycles. The standard InChI is InChI=1S/C16H13FN2O6/c17-11-5-7-12(8-6-11)18-15(20)9-25-16(21)10-24-14-4-2-1-3-13(14)19(22)23/h1-8H,9-10H2,(H,18,20). The fourth-order valence-electron chi connectivity index (χ4n) is 1.78. The van der Waals surface area contributed by atoms with Gasteiger partial charge in [0.15, 0.2) is 19.0 Å². The van der Waals surface area contributed by atoms with Crippen LogP contribution in [0.1, 0.15) is 0 Å². The minimum atomic E-state index is -0.868. The lowest BCUT2D eigenvalue weighted by molar-refractivity contribution is -0.385. The molecule has 9 heteroatoms. The molecule has 0 heterocycles. The summed E-state index contributed by atoms with van der Waals surface area (Å²) >= 11 is 0. The molecule has 0 aliphatic heterocycles. The van der Waals surface area contributed by atoms with Gasteiger partial charge in [-0.15, -0.1) is 0 Å². The molecule has 0 aliphatic carbocycles. The van der Waals surface area contributed by atoms with Gasteiger partial charge in [-0.1, -0.05) is 12.1 Å². The van der Waals surface area contributed by atoms with Crippen LogP contribution in [0.2, 0.25) is 0 Å². The number of nitro groups is 1.